The van der Waals surface area contributed by atoms with Crippen LogP contribution in [0.1, 0.15) is 49.5 Å². The number of nitrogens with zero attached hydrogens (tertiary/aromatic N) is 1. The van der Waals surface area contributed by atoms with E-state index in [1.807, 2.05) is 0 Å². The van der Waals surface area contributed by atoms with Crippen molar-refractivity contribution in [3.63, 3.8) is 0 Å². The average Bonchev–Trinajstić information content (AvgIpc) is 2.97. The number of rotatable bonds is 4. The molecular formula is C16H17F3N2O3S. The molecule has 2 N–H and O–H groups in total. The highest BCUT2D eigenvalue weighted by Crippen LogP contribution is 2.40. The summed E-state index contributed by atoms with van der Waals surface area (Å²) >= 11 is 0. The van der Waals surface area contributed by atoms with E-state index in [-0.39, 0.29) is 22.8 Å². The van der Waals surface area contributed by atoms with E-state index in [0.29, 0.717) is 5.69 Å². The summed E-state index contributed by atoms with van der Waals surface area (Å²) in [7, 11) is -4.56. The Bertz CT molecular complexity index is 867. The number of benzene rings is 1. The van der Waals surface area contributed by atoms with Crippen LogP contribution in [0.3, 0.4) is 0 Å². The smallest absolute Gasteiger partial charge is 0.243 e. The Morgan fingerprint density at radius 3 is 2.28 bits per heavy atom. The maximum absolute atomic E-state index is 14.2. The molecule has 3 rings (SSSR count). The minimum atomic E-state index is -4.56. The van der Waals surface area contributed by atoms with Crippen LogP contribution in [0, 0.1) is 11.6 Å². The van der Waals surface area contributed by atoms with Gasteiger partial charge in [0.05, 0.1) is 11.3 Å². The molecule has 0 aliphatic heterocycles. The molecule has 2 aromatic rings. The highest BCUT2D eigenvalue weighted by molar-refractivity contribution is 7.89. The fourth-order valence-corrected chi connectivity index (χ4v) is 4.03. The molecule has 0 radical (unpaired) electrons. The molecule has 0 bridgehead atoms. The second kappa shape index (κ2) is 6.80. The number of aromatic nitrogens is 1. The summed E-state index contributed by atoms with van der Waals surface area (Å²) < 4.78 is 69.3. The second-order valence-corrected chi connectivity index (χ2v) is 7.65. The van der Waals surface area contributed by atoms with Crippen molar-refractivity contribution in [3.05, 3.63) is 35.2 Å². The molecule has 1 aromatic heterocycles. The first kappa shape index (κ1) is 17.9. The zero-order valence-electron chi connectivity index (χ0n) is 13.3. The van der Waals surface area contributed by atoms with Crippen LogP contribution < -0.4 is 5.14 Å². The van der Waals surface area contributed by atoms with Gasteiger partial charge in [0.1, 0.15) is 11.6 Å². The Morgan fingerprint density at radius 1 is 1.16 bits per heavy atom. The minimum absolute atomic E-state index is 0.0110. The third kappa shape index (κ3) is 3.43. The number of alkyl halides is 1. The van der Waals surface area contributed by atoms with E-state index in [9.17, 15) is 21.6 Å². The van der Waals surface area contributed by atoms with E-state index in [2.05, 4.69) is 5.16 Å². The van der Waals surface area contributed by atoms with Gasteiger partial charge in [-0.2, -0.15) is 0 Å². The molecule has 0 unspecified atom stereocenters. The van der Waals surface area contributed by atoms with Crippen LogP contribution in [-0.2, 0) is 16.7 Å². The van der Waals surface area contributed by atoms with E-state index in [0.717, 1.165) is 44.2 Å². The molecule has 1 aliphatic rings. The predicted molar refractivity (Wildman–Crippen MR) is 83.9 cm³/mol. The summed E-state index contributed by atoms with van der Waals surface area (Å²) in [6.07, 6.45) is 4.70. The molecule has 0 atom stereocenters. The van der Waals surface area contributed by atoms with Crippen molar-refractivity contribution in [1.82, 2.24) is 5.16 Å². The largest absolute Gasteiger partial charge is 0.358 e. The van der Waals surface area contributed by atoms with Crippen molar-refractivity contribution in [1.29, 1.82) is 0 Å². The van der Waals surface area contributed by atoms with Crippen molar-refractivity contribution < 1.29 is 26.1 Å². The lowest BCUT2D eigenvalue weighted by Crippen LogP contribution is -2.16. The molecule has 1 aromatic carbocycles. The first-order chi connectivity index (χ1) is 11.8. The maximum Gasteiger partial charge on any atom is 0.243 e. The lowest BCUT2D eigenvalue weighted by molar-refractivity contribution is 0.320. The molecule has 9 heteroatoms. The van der Waals surface area contributed by atoms with Crippen molar-refractivity contribution in [3.8, 4) is 11.1 Å². The first-order valence-electron chi connectivity index (χ1n) is 7.89. The average molecular weight is 374 g/mol. The van der Waals surface area contributed by atoms with E-state index >= 15 is 0 Å². The molecule has 1 aliphatic carbocycles. The quantitative estimate of drug-likeness (QED) is 0.882. The van der Waals surface area contributed by atoms with E-state index in [1.54, 1.807) is 0 Å². The molecule has 5 nitrogen and oxygen atoms in total. The monoisotopic (exact) mass is 374 g/mol. The van der Waals surface area contributed by atoms with Gasteiger partial charge in [0, 0.05) is 5.92 Å². The number of primary sulfonamides is 1. The van der Waals surface area contributed by atoms with Gasteiger partial charge in [-0.15, -0.1) is 0 Å². The lowest BCUT2D eigenvalue weighted by Gasteiger charge is -2.20. The van der Waals surface area contributed by atoms with Gasteiger partial charge in [-0.05, 0) is 30.5 Å². The van der Waals surface area contributed by atoms with Gasteiger partial charge in [0.25, 0.3) is 0 Å². The van der Waals surface area contributed by atoms with Crippen LogP contribution in [0.25, 0.3) is 11.1 Å². The molecular weight excluding hydrogens is 357 g/mol. The van der Waals surface area contributed by atoms with Crippen LogP contribution in [0.15, 0.2) is 21.6 Å². The summed E-state index contributed by atoms with van der Waals surface area (Å²) in [5.74, 6) is -2.80. The number of halogens is 3. The van der Waals surface area contributed by atoms with E-state index in [4.69, 9.17) is 9.66 Å². The normalized spacial score (nSPS) is 16.3. The SMILES string of the molecule is NS(=O)(=O)c1c(F)cc(-c2c(C3CCCCC3)noc2CF)cc1F. The van der Waals surface area contributed by atoms with Crippen LogP contribution in [0.5, 0.6) is 0 Å². The summed E-state index contributed by atoms with van der Waals surface area (Å²) in [5.41, 5.74) is 0.625. The van der Waals surface area contributed by atoms with Gasteiger partial charge < -0.3 is 4.52 Å². The van der Waals surface area contributed by atoms with Crippen molar-refractivity contribution in [2.45, 2.75) is 49.6 Å². The molecule has 0 spiro atoms. The summed E-state index contributed by atoms with van der Waals surface area (Å²) in [6, 6.07) is 1.64. The zero-order valence-corrected chi connectivity index (χ0v) is 14.1. The number of nitrogens with two attached hydrogens (primary N) is 1. The molecule has 25 heavy (non-hydrogen) atoms. The second-order valence-electron chi connectivity index (χ2n) is 6.15. The Hall–Kier alpha value is -1.87. The third-order valence-corrected chi connectivity index (χ3v) is 5.43. The van der Waals surface area contributed by atoms with Crippen LogP contribution in [-0.4, -0.2) is 13.6 Å². The number of sulfonamides is 1. The fraction of sp³-hybridized carbons (Fsp3) is 0.438. The summed E-state index contributed by atoms with van der Waals surface area (Å²) in [4.78, 5) is -1.21. The van der Waals surface area contributed by atoms with Crippen LogP contribution in [0.2, 0.25) is 0 Å². The van der Waals surface area contributed by atoms with Gasteiger partial charge in [0.15, 0.2) is 17.3 Å². The fourth-order valence-electron chi connectivity index (χ4n) is 3.37. The van der Waals surface area contributed by atoms with Gasteiger partial charge in [-0.1, -0.05) is 24.4 Å². The molecule has 0 amide bonds. The van der Waals surface area contributed by atoms with Gasteiger partial charge in [-0.25, -0.2) is 26.7 Å². The van der Waals surface area contributed by atoms with Gasteiger partial charge in [0.2, 0.25) is 10.0 Å². The van der Waals surface area contributed by atoms with Crippen LogP contribution >= 0.6 is 0 Å². The topological polar surface area (TPSA) is 86.2 Å². The molecule has 0 saturated heterocycles. The maximum atomic E-state index is 14.2. The Kier molecular flexibility index (Phi) is 4.88. The Morgan fingerprint density at radius 2 is 1.76 bits per heavy atom. The summed E-state index contributed by atoms with van der Waals surface area (Å²) in [6.45, 7) is -0.991. The number of hydrogen-bond acceptors (Lipinski definition) is 4. The lowest BCUT2D eigenvalue weighted by atomic mass is 9.84. The van der Waals surface area contributed by atoms with Crippen molar-refractivity contribution in [2.24, 2.45) is 5.14 Å². The predicted octanol–water partition coefficient (Wildman–Crippen LogP) is 3.78. The zero-order chi connectivity index (χ0) is 18.2. The van der Waals surface area contributed by atoms with Crippen LogP contribution in [0.4, 0.5) is 13.2 Å². The molecule has 1 heterocycles. The van der Waals surface area contributed by atoms with E-state index < -0.39 is 33.2 Å². The van der Waals surface area contributed by atoms with Crippen molar-refractivity contribution in [2.75, 3.05) is 0 Å². The molecule has 1 fully saturated rings. The first-order valence-corrected chi connectivity index (χ1v) is 9.44. The standard InChI is InChI=1S/C16H17F3N2O3S/c17-8-13-14(15(21-24-13)9-4-2-1-3-5-9)10-6-11(18)16(12(19)7-10)25(20,22)23/h6-7,9H,1-5,8H2,(H2,20,22,23). The van der Waals surface area contributed by atoms with Gasteiger partial charge in [-0.3, -0.25) is 0 Å². The van der Waals surface area contributed by atoms with Gasteiger partial charge >= 0.3 is 0 Å². The number of hydrogen-bond donors (Lipinski definition) is 1. The Balaban J connectivity index is 2.14. The minimum Gasteiger partial charge on any atom is -0.358 e. The molecule has 1 saturated carbocycles. The highest BCUT2D eigenvalue weighted by Gasteiger charge is 2.29. The van der Waals surface area contributed by atoms with Crippen molar-refractivity contribution >= 4 is 10.0 Å². The highest BCUT2D eigenvalue weighted by atomic mass is 32.2. The third-order valence-electron chi connectivity index (χ3n) is 4.47. The molecule has 136 valence electrons. The van der Waals surface area contributed by atoms with E-state index in [1.165, 1.54) is 0 Å². The summed E-state index contributed by atoms with van der Waals surface area (Å²) in [5, 5.41) is 8.75. The Labute approximate surface area is 143 Å².